The fraction of sp³-hybridized carbons (Fsp3) is 0.316. The van der Waals surface area contributed by atoms with Crippen LogP contribution < -0.4 is 10.1 Å². The molecule has 0 saturated carbocycles. The summed E-state index contributed by atoms with van der Waals surface area (Å²) in [5.41, 5.74) is 0.588. The molecule has 2 fully saturated rings. The zero-order valence-electron chi connectivity index (χ0n) is 14.1. The maximum atomic E-state index is 12.7. The van der Waals surface area contributed by atoms with E-state index < -0.39 is 0 Å². The largest absolute Gasteiger partial charge is 0.454 e. The van der Waals surface area contributed by atoms with Gasteiger partial charge in [-0.3, -0.25) is 0 Å². The van der Waals surface area contributed by atoms with Gasteiger partial charge in [0.15, 0.2) is 5.75 Å². The number of benzene rings is 2. The molecule has 2 atom stereocenters. The molecule has 0 aliphatic carbocycles. The number of para-hydroxylation sites is 3. The van der Waals surface area contributed by atoms with E-state index in [1.807, 2.05) is 24.3 Å². The van der Waals surface area contributed by atoms with E-state index in [0.29, 0.717) is 48.5 Å². The maximum Gasteiger partial charge on any atom is 0.322 e. The zero-order valence-corrected chi connectivity index (χ0v) is 14.8. The first kappa shape index (κ1) is 17.1. The second kappa shape index (κ2) is 7.53. The van der Waals surface area contributed by atoms with Crippen molar-refractivity contribution in [1.82, 2.24) is 4.90 Å². The summed E-state index contributed by atoms with van der Waals surface area (Å²) in [7, 11) is 0. The van der Waals surface area contributed by atoms with Crippen LogP contribution in [-0.2, 0) is 9.47 Å². The monoisotopic (exact) mass is 374 g/mol. The lowest BCUT2D eigenvalue weighted by Gasteiger charge is -2.41. The number of amides is 2. The highest BCUT2D eigenvalue weighted by atomic mass is 35.5. The van der Waals surface area contributed by atoms with E-state index in [0.717, 1.165) is 0 Å². The Kier molecular flexibility index (Phi) is 4.97. The minimum Gasteiger partial charge on any atom is -0.454 e. The topological polar surface area (TPSA) is 60.0 Å². The Morgan fingerprint density at radius 2 is 1.69 bits per heavy atom. The molecule has 6 nitrogen and oxygen atoms in total. The lowest BCUT2D eigenvalue weighted by Crippen LogP contribution is -2.56. The molecule has 2 aliphatic heterocycles. The first-order valence-electron chi connectivity index (χ1n) is 8.49. The zero-order chi connectivity index (χ0) is 17.9. The number of anilines is 1. The molecule has 0 radical (unpaired) electrons. The van der Waals surface area contributed by atoms with E-state index in [2.05, 4.69) is 5.32 Å². The van der Waals surface area contributed by atoms with Crippen LogP contribution in [0.3, 0.4) is 0 Å². The van der Waals surface area contributed by atoms with Gasteiger partial charge in [-0.1, -0.05) is 35.9 Å². The van der Waals surface area contributed by atoms with Gasteiger partial charge in [-0.05, 0) is 24.3 Å². The average molecular weight is 375 g/mol. The van der Waals surface area contributed by atoms with Crippen LogP contribution in [0.15, 0.2) is 48.5 Å². The summed E-state index contributed by atoms with van der Waals surface area (Å²) in [5.74, 6) is 1.07. The van der Waals surface area contributed by atoms with Gasteiger partial charge in [0.1, 0.15) is 5.75 Å². The van der Waals surface area contributed by atoms with Crippen molar-refractivity contribution in [2.45, 2.75) is 12.2 Å². The van der Waals surface area contributed by atoms with Crippen molar-refractivity contribution in [2.24, 2.45) is 0 Å². The molecular weight excluding hydrogens is 356 g/mol. The smallest absolute Gasteiger partial charge is 0.322 e. The van der Waals surface area contributed by atoms with Gasteiger partial charge in [0.2, 0.25) is 0 Å². The Labute approximate surface area is 156 Å². The summed E-state index contributed by atoms with van der Waals surface area (Å²) in [6.45, 7) is 2.06. The summed E-state index contributed by atoms with van der Waals surface area (Å²) < 4.78 is 17.1. The number of ether oxygens (including phenoxy) is 3. The number of halogens is 1. The molecule has 2 aliphatic rings. The number of fused-ring (bicyclic) bond motifs is 2. The van der Waals surface area contributed by atoms with Crippen molar-refractivity contribution in [1.29, 1.82) is 0 Å². The van der Waals surface area contributed by atoms with Gasteiger partial charge in [0, 0.05) is 0 Å². The van der Waals surface area contributed by atoms with Crippen molar-refractivity contribution >= 4 is 23.3 Å². The van der Waals surface area contributed by atoms with Gasteiger partial charge < -0.3 is 24.4 Å². The van der Waals surface area contributed by atoms with Crippen LogP contribution in [0.2, 0.25) is 5.02 Å². The number of hydrogen-bond donors (Lipinski definition) is 1. The molecular formula is C19H19ClN2O4. The second-order valence-corrected chi connectivity index (χ2v) is 6.69. The molecule has 7 heteroatoms. The Morgan fingerprint density at radius 1 is 1.04 bits per heavy atom. The fourth-order valence-electron chi connectivity index (χ4n) is 3.10. The molecule has 2 heterocycles. The average Bonchev–Trinajstić information content (AvgIpc) is 2.65. The van der Waals surface area contributed by atoms with Gasteiger partial charge in [-0.2, -0.15) is 0 Å². The fourth-order valence-corrected chi connectivity index (χ4v) is 3.28. The van der Waals surface area contributed by atoms with Crippen molar-refractivity contribution < 1.29 is 19.0 Å². The second-order valence-electron chi connectivity index (χ2n) is 6.28. The highest BCUT2D eigenvalue weighted by Gasteiger charge is 2.34. The summed E-state index contributed by atoms with van der Waals surface area (Å²) in [5, 5.41) is 3.44. The summed E-state index contributed by atoms with van der Waals surface area (Å²) in [6.07, 6.45) is -0.134. The summed E-state index contributed by atoms with van der Waals surface area (Å²) in [4.78, 5) is 14.5. The number of urea groups is 1. The molecule has 0 aromatic heterocycles. The molecule has 136 valence electrons. The van der Waals surface area contributed by atoms with Crippen LogP contribution in [0.5, 0.6) is 11.5 Å². The number of rotatable bonds is 3. The van der Waals surface area contributed by atoms with Crippen molar-refractivity contribution in [3.05, 3.63) is 53.6 Å². The van der Waals surface area contributed by atoms with Crippen LogP contribution in [-0.4, -0.2) is 49.4 Å². The molecule has 4 rings (SSSR count). The molecule has 2 bridgehead atoms. The van der Waals surface area contributed by atoms with E-state index >= 15 is 0 Å². The van der Waals surface area contributed by atoms with Crippen LogP contribution >= 0.6 is 11.6 Å². The highest BCUT2D eigenvalue weighted by Crippen LogP contribution is 2.33. The Morgan fingerprint density at radius 3 is 2.42 bits per heavy atom. The maximum absolute atomic E-state index is 12.7. The van der Waals surface area contributed by atoms with Crippen molar-refractivity contribution in [3.8, 4) is 11.5 Å². The van der Waals surface area contributed by atoms with E-state index in [1.54, 1.807) is 29.2 Å². The van der Waals surface area contributed by atoms with E-state index in [1.165, 1.54) is 0 Å². The van der Waals surface area contributed by atoms with E-state index in [-0.39, 0.29) is 18.2 Å². The first-order valence-corrected chi connectivity index (χ1v) is 8.87. The SMILES string of the molecule is O=C(Nc1ccccc1Oc1ccccc1Cl)N1CC2COCC(C1)O2. The molecule has 26 heavy (non-hydrogen) atoms. The summed E-state index contributed by atoms with van der Waals surface area (Å²) in [6, 6.07) is 14.3. The molecule has 2 unspecified atom stereocenters. The van der Waals surface area contributed by atoms with Gasteiger partial charge >= 0.3 is 6.03 Å². The van der Waals surface area contributed by atoms with Crippen LogP contribution in [0.25, 0.3) is 0 Å². The van der Waals surface area contributed by atoms with Crippen LogP contribution in [0.1, 0.15) is 0 Å². The van der Waals surface area contributed by atoms with Gasteiger partial charge in [-0.15, -0.1) is 0 Å². The standard InChI is InChI=1S/C19H19ClN2O4/c20-15-5-1-3-7-17(15)26-18-8-4-2-6-16(18)21-19(23)22-9-13-11-24-12-14(10-22)25-13/h1-8,13-14H,9-12H2,(H,21,23). The molecule has 0 spiro atoms. The predicted molar refractivity (Wildman–Crippen MR) is 98.0 cm³/mol. The third-order valence-corrected chi connectivity index (χ3v) is 4.63. The normalized spacial score (nSPS) is 22.0. The van der Waals surface area contributed by atoms with Crippen LogP contribution in [0, 0.1) is 0 Å². The number of nitrogens with zero attached hydrogens (tertiary/aromatic N) is 1. The minimum atomic E-state index is -0.180. The number of carbonyl (C=O) groups is 1. The summed E-state index contributed by atoms with van der Waals surface area (Å²) >= 11 is 6.16. The number of morpholine rings is 1. The van der Waals surface area contributed by atoms with Gasteiger partial charge in [0.25, 0.3) is 0 Å². The molecule has 2 aromatic carbocycles. The van der Waals surface area contributed by atoms with Crippen molar-refractivity contribution in [3.63, 3.8) is 0 Å². The highest BCUT2D eigenvalue weighted by molar-refractivity contribution is 6.32. The quantitative estimate of drug-likeness (QED) is 0.888. The Hall–Kier alpha value is -2.28. The molecule has 2 saturated heterocycles. The third-order valence-electron chi connectivity index (χ3n) is 4.31. The molecule has 1 N–H and O–H groups in total. The number of nitrogens with one attached hydrogen (secondary N) is 1. The lowest BCUT2D eigenvalue weighted by molar-refractivity contribution is -0.170. The minimum absolute atomic E-state index is 0.0668. The van der Waals surface area contributed by atoms with Crippen LogP contribution in [0.4, 0.5) is 10.5 Å². The first-order chi connectivity index (χ1) is 12.7. The third kappa shape index (κ3) is 3.77. The Balaban J connectivity index is 1.48. The van der Waals surface area contributed by atoms with E-state index in [4.69, 9.17) is 25.8 Å². The number of hydrogen-bond acceptors (Lipinski definition) is 4. The molecule has 2 aromatic rings. The number of carbonyl (C=O) groups excluding carboxylic acids is 1. The molecule has 2 amide bonds. The van der Waals surface area contributed by atoms with E-state index in [9.17, 15) is 4.79 Å². The predicted octanol–water partition coefficient (Wildman–Crippen LogP) is 3.76. The van der Waals surface area contributed by atoms with Gasteiger partial charge in [-0.25, -0.2) is 4.79 Å². The van der Waals surface area contributed by atoms with Crippen molar-refractivity contribution in [2.75, 3.05) is 31.6 Å². The Bertz CT molecular complexity index is 789. The lowest BCUT2D eigenvalue weighted by atomic mass is 10.2. The van der Waals surface area contributed by atoms with Gasteiger partial charge in [0.05, 0.1) is 49.2 Å².